The molecule has 3 heteroatoms. The van der Waals surface area contributed by atoms with Gasteiger partial charge in [0.15, 0.2) is 0 Å². The Morgan fingerprint density at radius 2 is 2.19 bits per heavy atom. The lowest BCUT2D eigenvalue weighted by Gasteiger charge is -2.20. The Morgan fingerprint density at radius 3 is 2.75 bits per heavy atom. The van der Waals surface area contributed by atoms with Crippen molar-refractivity contribution in [3.05, 3.63) is 28.2 Å². The third-order valence-corrected chi connectivity index (χ3v) is 4.34. The molecule has 2 nitrogen and oxygen atoms in total. The second kappa shape index (κ2) is 4.38. The molecule has 0 radical (unpaired) electrons. The summed E-state index contributed by atoms with van der Waals surface area (Å²) in [6, 6.07) is 6.20. The van der Waals surface area contributed by atoms with E-state index in [4.69, 9.17) is 0 Å². The molecule has 1 unspecified atom stereocenters. The van der Waals surface area contributed by atoms with Gasteiger partial charge in [-0.1, -0.05) is 13.0 Å². The summed E-state index contributed by atoms with van der Waals surface area (Å²) in [4.78, 5) is 0. The summed E-state index contributed by atoms with van der Waals surface area (Å²) >= 11 is 3.33. The number of hydrogen-bond acceptors (Lipinski definition) is 2. The minimum Gasteiger partial charge on any atom is -0.507 e. The molecule has 0 bridgehead atoms. The monoisotopic (exact) mass is 283 g/mol. The first-order valence-corrected chi connectivity index (χ1v) is 6.51. The van der Waals surface area contributed by atoms with Gasteiger partial charge in [-0.05, 0) is 58.8 Å². The quantitative estimate of drug-likeness (QED) is 0.887. The van der Waals surface area contributed by atoms with Gasteiger partial charge in [0, 0.05) is 12.6 Å². The molecule has 1 aliphatic carbocycles. The lowest BCUT2D eigenvalue weighted by Crippen LogP contribution is -2.32. The van der Waals surface area contributed by atoms with Crippen molar-refractivity contribution in [1.29, 1.82) is 0 Å². The average molecular weight is 284 g/mol. The van der Waals surface area contributed by atoms with Crippen LogP contribution in [0.2, 0.25) is 0 Å². The van der Waals surface area contributed by atoms with Gasteiger partial charge in [-0.3, -0.25) is 0 Å². The van der Waals surface area contributed by atoms with Crippen LogP contribution in [0.3, 0.4) is 0 Å². The summed E-state index contributed by atoms with van der Waals surface area (Å²) in [5, 5.41) is 12.9. The van der Waals surface area contributed by atoms with Crippen molar-refractivity contribution in [2.24, 2.45) is 5.41 Å². The summed E-state index contributed by atoms with van der Waals surface area (Å²) in [6.07, 6.45) is 2.67. The second-order valence-corrected chi connectivity index (χ2v) is 5.90. The van der Waals surface area contributed by atoms with Gasteiger partial charge < -0.3 is 10.4 Å². The summed E-state index contributed by atoms with van der Waals surface area (Å²) < 4.78 is 0.761. The van der Waals surface area contributed by atoms with Crippen molar-refractivity contribution >= 4 is 15.9 Å². The third kappa shape index (κ3) is 2.58. The van der Waals surface area contributed by atoms with Crippen LogP contribution in [-0.4, -0.2) is 11.1 Å². The number of phenolic OH excluding ortho intramolecular Hbond substituents is 1. The Kier molecular flexibility index (Phi) is 3.27. The SMILES string of the molecule is CC(NCc1ccc(O)c(Br)c1)C1(C)CC1. The lowest BCUT2D eigenvalue weighted by molar-refractivity contribution is 0.379. The molecule has 0 amide bonds. The summed E-state index contributed by atoms with van der Waals surface area (Å²) in [5.74, 6) is 0.297. The van der Waals surface area contributed by atoms with Gasteiger partial charge in [-0.15, -0.1) is 0 Å². The van der Waals surface area contributed by atoms with E-state index in [1.165, 1.54) is 18.4 Å². The van der Waals surface area contributed by atoms with Gasteiger partial charge >= 0.3 is 0 Å². The normalized spacial score (nSPS) is 19.4. The van der Waals surface area contributed by atoms with Crippen LogP contribution < -0.4 is 5.32 Å². The topological polar surface area (TPSA) is 32.3 Å². The molecule has 0 heterocycles. The second-order valence-electron chi connectivity index (χ2n) is 5.04. The number of nitrogens with one attached hydrogen (secondary N) is 1. The van der Waals surface area contributed by atoms with Crippen molar-refractivity contribution in [3.63, 3.8) is 0 Å². The third-order valence-electron chi connectivity index (χ3n) is 3.71. The maximum atomic E-state index is 9.39. The van der Waals surface area contributed by atoms with Gasteiger partial charge in [-0.2, -0.15) is 0 Å². The zero-order chi connectivity index (χ0) is 11.8. The Hall–Kier alpha value is -0.540. The molecule has 0 spiro atoms. The lowest BCUT2D eigenvalue weighted by atomic mass is 10.0. The average Bonchev–Trinajstić information content (AvgIpc) is 2.99. The van der Waals surface area contributed by atoms with Crippen molar-refractivity contribution in [1.82, 2.24) is 5.32 Å². The number of halogens is 1. The number of rotatable bonds is 4. The van der Waals surface area contributed by atoms with Crippen LogP contribution in [0.25, 0.3) is 0 Å². The summed E-state index contributed by atoms with van der Waals surface area (Å²) in [6.45, 7) is 5.44. The van der Waals surface area contributed by atoms with E-state index >= 15 is 0 Å². The number of hydrogen-bond donors (Lipinski definition) is 2. The van der Waals surface area contributed by atoms with Gasteiger partial charge in [0.1, 0.15) is 5.75 Å². The van der Waals surface area contributed by atoms with Gasteiger partial charge in [0.2, 0.25) is 0 Å². The highest BCUT2D eigenvalue weighted by Crippen LogP contribution is 2.47. The number of benzene rings is 1. The molecule has 1 aromatic rings. The number of aromatic hydroxyl groups is 1. The van der Waals surface area contributed by atoms with Crippen LogP contribution in [0.4, 0.5) is 0 Å². The highest BCUT2D eigenvalue weighted by atomic mass is 79.9. The summed E-state index contributed by atoms with van der Waals surface area (Å²) in [7, 11) is 0. The van der Waals surface area contributed by atoms with E-state index in [0.29, 0.717) is 17.2 Å². The molecule has 1 fully saturated rings. The fraction of sp³-hybridized carbons (Fsp3) is 0.538. The molecule has 1 saturated carbocycles. The molecular formula is C13H18BrNO. The van der Waals surface area contributed by atoms with Crippen LogP contribution in [0.1, 0.15) is 32.3 Å². The fourth-order valence-corrected chi connectivity index (χ4v) is 2.23. The van der Waals surface area contributed by atoms with Crippen LogP contribution in [0.5, 0.6) is 5.75 Å². The number of phenols is 1. The Morgan fingerprint density at radius 1 is 1.50 bits per heavy atom. The zero-order valence-corrected chi connectivity index (χ0v) is 11.3. The molecule has 1 aliphatic rings. The predicted molar refractivity (Wildman–Crippen MR) is 69.4 cm³/mol. The zero-order valence-electron chi connectivity index (χ0n) is 9.76. The largest absolute Gasteiger partial charge is 0.507 e. The Labute approximate surface area is 105 Å². The molecule has 2 rings (SSSR count). The highest BCUT2D eigenvalue weighted by Gasteiger charge is 2.42. The van der Waals surface area contributed by atoms with Gasteiger partial charge in [0.05, 0.1) is 4.47 Å². The molecule has 1 atom stereocenters. The molecule has 2 N–H and O–H groups in total. The van der Waals surface area contributed by atoms with E-state index in [2.05, 4.69) is 35.1 Å². The van der Waals surface area contributed by atoms with E-state index < -0.39 is 0 Å². The van der Waals surface area contributed by atoms with Crippen LogP contribution in [0.15, 0.2) is 22.7 Å². The smallest absolute Gasteiger partial charge is 0.129 e. The van der Waals surface area contributed by atoms with Gasteiger partial charge in [-0.25, -0.2) is 0 Å². The van der Waals surface area contributed by atoms with E-state index in [0.717, 1.165) is 11.0 Å². The van der Waals surface area contributed by atoms with Crippen molar-refractivity contribution < 1.29 is 5.11 Å². The molecular weight excluding hydrogens is 266 g/mol. The molecule has 1 aromatic carbocycles. The van der Waals surface area contributed by atoms with E-state index in [1.807, 2.05) is 12.1 Å². The Bertz CT molecular complexity index is 388. The predicted octanol–water partition coefficient (Wildman–Crippen LogP) is 3.43. The summed E-state index contributed by atoms with van der Waals surface area (Å²) in [5.41, 5.74) is 1.70. The van der Waals surface area contributed by atoms with Crippen molar-refractivity contribution in [2.75, 3.05) is 0 Å². The van der Waals surface area contributed by atoms with Crippen molar-refractivity contribution in [3.8, 4) is 5.75 Å². The first-order valence-electron chi connectivity index (χ1n) is 5.72. The van der Waals surface area contributed by atoms with E-state index in [1.54, 1.807) is 6.07 Å². The molecule has 16 heavy (non-hydrogen) atoms. The van der Waals surface area contributed by atoms with E-state index in [9.17, 15) is 5.11 Å². The van der Waals surface area contributed by atoms with Gasteiger partial charge in [0.25, 0.3) is 0 Å². The van der Waals surface area contributed by atoms with Crippen LogP contribution in [-0.2, 0) is 6.54 Å². The minimum atomic E-state index is 0.297. The molecule has 0 aliphatic heterocycles. The molecule has 0 saturated heterocycles. The maximum absolute atomic E-state index is 9.39. The first-order chi connectivity index (χ1) is 7.51. The van der Waals surface area contributed by atoms with Crippen LogP contribution in [0, 0.1) is 5.41 Å². The molecule has 88 valence electrons. The van der Waals surface area contributed by atoms with E-state index in [-0.39, 0.29) is 0 Å². The maximum Gasteiger partial charge on any atom is 0.129 e. The first kappa shape index (κ1) is 11.9. The molecule has 0 aromatic heterocycles. The highest BCUT2D eigenvalue weighted by molar-refractivity contribution is 9.10. The van der Waals surface area contributed by atoms with Crippen molar-refractivity contribution in [2.45, 2.75) is 39.3 Å². The standard InChI is InChI=1S/C13H18BrNO/c1-9(13(2)5-6-13)15-8-10-3-4-12(16)11(14)7-10/h3-4,7,9,15-16H,5-6,8H2,1-2H3. The Balaban J connectivity index is 1.92. The fourth-order valence-electron chi connectivity index (χ4n) is 1.81. The van der Waals surface area contributed by atoms with Crippen LogP contribution >= 0.6 is 15.9 Å². The minimum absolute atomic E-state index is 0.297.